The number of amides is 1. The van der Waals surface area contributed by atoms with Gasteiger partial charge >= 0.3 is 5.97 Å². The molecular weight excluding hydrogens is 256 g/mol. The first kappa shape index (κ1) is 17.0. The number of carboxylic acid groups (broad SMARTS) is 1. The maximum absolute atomic E-state index is 12.3. The fraction of sp³-hybridized carbons (Fsp3) is 0.867. The van der Waals surface area contributed by atoms with Crippen LogP contribution in [0.4, 0.5) is 0 Å². The Hall–Kier alpha value is -1.10. The van der Waals surface area contributed by atoms with E-state index >= 15 is 0 Å². The van der Waals surface area contributed by atoms with Crippen LogP contribution in [0.5, 0.6) is 0 Å². The Kier molecular flexibility index (Phi) is 6.99. The minimum absolute atomic E-state index is 0.0542. The van der Waals surface area contributed by atoms with Gasteiger partial charge in [-0.05, 0) is 33.1 Å². The van der Waals surface area contributed by atoms with Crippen molar-refractivity contribution in [3.05, 3.63) is 0 Å². The van der Waals surface area contributed by atoms with Crippen LogP contribution in [0.3, 0.4) is 0 Å². The lowest BCUT2D eigenvalue weighted by Crippen LogP contribution is -2.52. The van der Waals surface area contributed by atoms with Crippen molar-refractivity contribution in [3.63, 3.8) is 0 Å². The van der Waals surface area contributed by atoms with Crippen molar-refractivity contribution >= 4 is 11.9 Å². The van der Waals surface area contributed by atoms with E-state index in [9.17, 15) is 9.59 Å². The Morgan fingerprint density at radius 2 is 1.90 bits per heavy atom. The smallest absolute Gasteiger partial charge is 0.317 e. The van der Waals surface area contributed by atoms with Crippen molar-refractivity contribution in [2.45, 2.75) is 77.4 Å². The molecule has 2 unspecified atom stereocenters. The number of carboxylic acids is 1. The van der Waals surface area contributed by atoms with Gasteiger partial charge in [0.2, 0.25) is 5.91 Å². The van der Waals surface area contributed by atoms with Crippen molar-refractivity contribution in [2.75, 3.05) is 6.54 Å². The highest BCUT2D eigenvalue weighted by Gasteiger charge is 2.31. The van der Waals surface area contributed by atoms with E-state index in [4.69, 9.17) is 5.11 Å². The van der Waals surface area contributed by atoms with Gasteiger partial charge in [0.15, 0.2) is 0 Å². The van der Waals surface area contributed by atoms with Gasteiger partial charge in [-0.3, -0.25) is 14.5 Å². The quantitative estimate of drug-likeness (QED) is 0.715. The molecule has 0 aromatic rings. The van der Waals surface area contributed by atoms with E-state index in [1.165, 1.54) is 0 Å². The van der Waals surface area contributed by atoms with Gasteiger partial charge < -0.3 is 10.4 Å². The van der Waals surface area contributed by atoms with Crippen LogP contribution in [0.1, 0.15) is 59.3 Å². The second-order valence-electron chi connectivity index (χ2n) is 5.88. The molecule has 0 spiro atoms. The molecule has 0 aromatic carbocycles. The molecular formula is C15H28N2O3. The van der Waals surface area contributed by atoms with Gasteiger partial charge in [-0.2, -0.15) is 0 Å². The number of carbonyl (C=O) groups excluding carboxylic acids is 1. The van der Waals surface area contributed by atoms with Crippen molar-refractivity contribution in [1.29, 1.82) is 0 Å². The minimum Gasteiger partial charge on any atom is -0.480 e. The predicted octanol–water partition coefficient (Wildman–Crippen LogP) is 2.01. The average molecular weight is 284 g/mol. The summed E-state index contributed by atoms with van der Waals surface area (Å²) in [5.41, 5.74) is 0. The van der Waals surface area contributed by atoms with Crippen molar-refractivity contribution in [2.24, 2.45) is 0 Å². The highest BCUT2D eigenvalue weighted by molar-refractivity contribution is 5.82. The van der Waals surface area contributed by atoms with Crippen LogP contribution < -0.4 is 5.32 Å². The fourth-order valence-electron chi connectivity index (χ4n) is 2.99. The average Bonchev–Trinajstić information content (AvgIpc) is 2.88. The SMILES string of the molecule is CCCC(C)NC(=O)C(C)N(CC(=O)O)C1CCCC1. The molecule has 1 aliphatic carbocycles. The first-order valence-corrected chi connectivity index (χ1v) is 7.73. The maximum Gasteiger partial charge on any atom is 0.317 e. The molecule has 2 atom stereocenters. The van der Waals surface area contributed by atoms with Crippen LogP contribution in [0.15, 0.2) is 0 Å². The zero-order chi connectivity index (χ0) is 15.1. The third kappa shape index (κ3) is 5.12. The molecule has 1 aliphatic rings. The van der Waals surface area contributed by atoms with Gasteiger partial charge in [0.1, 0.15) is 0 Å². The Labute approximate surface area is 121 Å². The lowest BCUT2D eigenvalue weighted by Gasteiger charge is -2.32. The molecule has 0 radical (unpaired) electrons. The Bertz CT molecular complexity index is 327. The van der Waals surface area contributed by atoms with Crippen molar-refractivity contribution < 1.29 is 14.7 Å². The van der Waals surface area contributed by atoms with E-state index in [-0.39, 0.29) is 30.6 Å². The molecule has 5 heteroatoms. The van der Waals surface area contributed by atoms with Crippen LogP contribution in [0, 0.1) is 0 Å². The lowest BCUT2D eigenvalue weighted by molar-refractivity contribution is -0.141. The summed E-state index contributed by atoms with van der Waals surface area (Å²) in [6.45, 7) is 5.84. The van der Waals surface area contributed by atoms with Crippen LogP contribution in [0.25, 0.3) is 0 Å². The molecule has 5 nitrogen and oxygen atoms in total. The summed E-state index contributed by atoms with van der Waals surface area (Å²) in [6.07, 6.45) is 6.21. The molecule has 20 heavy (non-hydrogen) atoms. The monoisotopic (exact) mass is 284 g/mol. The molecule has 0 aromatic heterocycles. The summed E-state index contributed by atoms with van der Waals surface area (Å²) in [7, 11) is 0. The van der Waals surface area contributed by atoms with E-state index < -0.39 is 5.97 Å². The van der Waals surface area contributed by atoms with Gasteiger partial charge in [-0.1, -0.05) is 26.2 Å². The van der Waals surface area contributed by atoms with Gasteiger partial charge in [-0.25, -0.2) is 0 Å². The highest BCUT2D eigenvalue weighted by atomic mass is 16.4. The summed E-state index contributed by atoms with van der Waals surface area (Å²) in [4.78, 5) is 25.2. The van der Waals surface area contributed by atoms with Crippen LogP contribution >= 0.6 is 0 Å². The van der Waals surface area contributed by atoms with E-state index in [2.05, 4.69) is 12.2 Å². The number of nitrogens with zero attached hydrogens (tertiary/aromatic N) is 1. The second-order valence-corrected chi connectivity index (χ2v) is 5.88. The molecule has 1 fully saturated rings. The van der Waals surface area contributed by atoms with Crippen molar-refractivity contribution in [1.82, 2.24) is 10.2 Å². The Morgan fingerprint density at radius 3 is 2.40 bits per heavy atom. The van der Waals surface area contributed by atoms with Gasteiger partial charge in [0, 0.05) is 12.1 Å². The van der Waals surface area contributed by atoms with Gasteiger partial charge in [0.25, 0.3) is 0 Å². The highest BCUT2D eigenvalue weighted by Crippen LogP contribution is 2.25. The van der Waals surface area contributed by atoms with E-state index in [0.29, 0.717) is 0 Å². The molecule has 1 rings (SSSR count). The topological polar surface area (TPSA) is 69.6 Å². The number of hydrogen-bond donors (Lipinski definition) is 2. The van der Waals surface area contributed by atoms with Crippen LogP contribution in [0.2, 0.25) is 0 Å². The van der Waals surface area contributed by atoms with E-state index in [1.54, 1.807) is 0 Å². The number of aliphatic carboxylic acids is 1. The summed E-state index contributed by atoms with van der Waals surface area (Å²) < 4.78 is 0. The van der Waals surface area contributed by atoms with E-state index in [0.717, 1.165) is 38.5 Å². The third-order valence-corrected chi connectivity index (χ3v) is 4.10. The zero-order valence-corrected chi connectivity index (χ0v) is 12.9. The van der Waals surface area contributed by atoms with Gasteiger partial charge in [-0.15, -0.1) is 0 Å². The largest absolute Gasteiger partial charge is 0.480 e. The zero-order valence-electron chi connectivity index (χ0n) is 12.9. The van der Waals surface area contributed by atoms with Crippen LogP contribution in [-0.2, 0) is 9.59 Å². The third-order valence-electron chi connectivity index (χ3n) is 4.10. The lowest BCUT2D eigenvalue weighted by atomic mass is 10.1. The minimum atomic E-state index is -0.863. The molecule has 0 heterocycles. The summed E-state index contributed by atoms with van der Waals surface area (Å²) in [5, 5.41) is 12.1. The van der Waals surface area contributed by atoms with Gasteiger partial charge in [0.05, 0.1) is 12.6 Å². The fourth-order valence-corrected chi connectivity index (χ4v) is 2.99. The van der Waals surface area contributed by atoms with E-state index in [1.807, 2.05) is 18.7 Å². The first-order chi connectivity index (χ1) is 9.45. The second kappa shape index (κ2) is 8.25. The Morgan fingerprint density at radius 1 is 1.30 bits per heavy atom. The molecule has 1 saturated carbocycles. The molecule has 0 saturated heterocycles. The standard InChI is InChI=1S/C15H28N2O3/c1-4-7-11(2)16-15(20)12(3)17(10-14(18)19)13-8-5-6-9-13/h11-13H,4-10H2,1-3H3,(H,16,20)(H,18,19). The first-order valence-electron chi connectivity index (χ1n) is 7.73. The maximum atomic E-state index is 12.3. The molecule has 0 bridgehead atoms. The molecule has 0 aliphatic heterocycles. The molecule has 1 amide bonds. The summed E-state index contributed by atoms with van der Waals surface area (Å²) >= 11 is 0. The summed E-state index contributed by atoms with van der Waals surface area (Å²) in [5.74, 6) is -0.919. The van der Waals surface area contributed by atoms with Crippen molar-refractivity contribution in [3.8, 4) is 0 Å². The van der Waals surface area contributed by atoms with Crippen LogP contribution in [-0.4, -0.2) is 46.6 Å². The molecule has 116 valence electrons. The predicted molar refractivity (Wildman–Crippen MR) is 78.6 cm³/mol. The normalized spacial score (nSPS) is 19.0. The number of carbonyl (C=O) groups is 2. The molecule has 2 N–H and O–H groups in total. The Balaban J connectivity index is 2.63. The number of nitrogens with one attached hydrogen (secondary N) is 1. The number of rotatable bonds is 8. The summed E-state index contributed by atoms with van der Waals surface area (Å²) in [6, 6.07) is -0.00737. The number of hydrogen-bond acceptors (Lipinski definition) is 3.